The Bertz CT molecular complexity index is 2900. The molecule has 0 amide bonds. The van der Waals surface area contributed by atoms with Gasteiger partial charge in [0, 0.05) is 45.8 Å². The molecule has 2 heteroatoms. The molecule has 0 saturated heterocycles. The maximum atomic E-state index is 2.52. The molecule has 51 heavy (non-hydrogen) atoms. The number of fused-ring (bicyclic) bond motifs is 9. The van der Waals surface area contributed by atoms with Crippen molar-refractivity contribution in [2.75, 3.05) is 11.9 Å². The van der Waals surface area contributed by atoms with Crippen LogP contribution in [-0.2, 0) is 0 Å². The number of hydrogen-bond acceptors (Lipinski definition) is 1. The van der Waals surface area contributed by atoms with Crippen LogP contribution in [0.3, 0.4) is 0 Å². The molecule has 10 aromatic rings. The van der Waals surface area contributed by atoms with E-state index in [-0.39, 0.29) is 0 Å². The summed E-state index contributed by atoms with van der Waals surface area (Å²) in [4.78, 5) is 2.22. The van der Waals surface area contributed by atoms with Gasteiger partial charge in [-0.1, -0.05) is 152 Å². The lowest BCUT2D eigenvalue weighted by atomic mass is 9.95. The summed E-state index contributed by atoms with van der Waals surface area (Å²) >= 11 is 0. The molecule has 0 atom stereocenters. The molecule has 0 bridgehead atoms. The average molecular weight is 651 g/mol. The van der Waals surface area contributed by atoms with Gasteiger partial charge in [-0.25, -0.2) is 0 Å². The van der Waals surface area contributed by atoms with E-state index in [2.05, 4.69) is 205 Å². The highest BCUT2D eigenvalue weighted by Gasteiger charge is 2.21. The van der Waals surface area contributed by atoms with Crippen LogP contribution in [0.15, 0.2) is 188 Å². The van der Waals surface area contributed by atoms with Crippen molar-refractivity contribution in [1.29, 1.82) is 0 Å². The van der Waals surface area contributed by atoms with Crippen LogP contribution in [-0.4, -0.2) is 11.6 Å². The minimum absolute atomic E-state index is 1.16. The molecule has 0 aliphatic rings. The Morgan fingerprint density at radius 1 is 0.373 bits per heavy atom. The van der Waals surface area contributed by atoms with Crippen LogP contribution in [0.2, 0.25) is 0 Å². The van der Waals surface area contributed by atoms with Gasteiger partial charge in [0.05, 0.1) is 11.0 Å². The Hall–Kier alpha value is -6.64. The lowest BCUT2D eigenvalue weighted by Gasteiger charge is -2.19. The number of benzene rings is 9. The highest BCUT2D eigenvalue weighted by atomic mass is 15.1. The number of hydrogen-bond donors (Lipinski definition) is 0. The topological polar surface area (TPSA) is 8.17 Å². The van der Waals surface area contributed by atoms with Gasteiger partial charge in [-0.2, -0.15) is 0 Å². The fraction of sp³-hybridized carbons (Fsp3) is 0.0204. The van der Waals surface area contributed by atoms with Crippen LogP contribution in [0.1, 0.15) is 0 Å². The number of rotatable bonds is 5. The summed E-state index contributed by atoms with van der Waals surface area (Å²) in [7, 11) is 2.11. The molecule has 240 valence electrons. The predicted molar refractivity (Wildman–Crippen MR) is 219 cm³/mol. The van der Waals surface area contributed by atoms with Gasteiger partial charge in [-0.05, 0) is 80.0 Å². The Morgan fingerprint density at radius 2 is 0.922 bits per heavy atom. The minimum Gasteiger partial charge on any atom is -0.345 e. The molecular formula is C49H34N2. The molecule has 1 heterocycles. The predicted octanol–water partition coefficient (Wildman–Crippen LogP) is 13.3. The second-order valence-corrected chi connectivity index (χ2v) is 13.4. The van der Waals surface area contributed by atoms with Gasteiger partial charge in [0.1, 0.15) is 0 Å². The fourth-order valence-electron chi connectivity index (χ4n) is 8.05. The first kappa shape index (κ1) is 29.3. The van der Waals surface area contributed by atoms with Crippen molar-refractivity contribution in [3.63, 3.8) is 0 Å². The molecule has 0 aliphatic carbocycles. The fourth-order valence-corrected chi connectivity index (χ4v) is 8.05. The molecule has 9 aromatic carbocycles. The van der Waals surface area contributed by atoms with E-state index in [1.165, 1.54) is 87.8 Å². The van der Waals surface area contributed by atoms with Crippen molar-refractivity contribution in [3.05, 3.63) is 188 Å². The van der Waals surface area contributed by atoms with Crippen LogP contribution in [0.25, 0.3) is 82.1 Å². The Kier molecular flexibility index (Phi) is 6.75. The molecule has 0 spiro atoms. The van der Waals surface area contributed by atoms with E-state index in [0.717, 1.165) is 5.69 Å². The van der Waals surface area contributed by atoms with Crippen molar-refractivity contribution >= 4 is 65.5 Å². The summed E-state index contributed by atoms with van der Waals surface area (Å²) < 4.78 is 2.52. The number of para-hydroxylation sites is 2. The van der Waals surface area contributed by atoms with E-state index >= 15 is 0 Å². The zero-order valence-electron chi connectivity index (χ0n) is 28.3. The summed E-state index contributed by atoms with van der Waals surface area (Å²) in [6, 6.07) is 68.5. The first-order chi connectivity index (χ1) is 25.2. The van der Waals surface area contributed by atoms with Gasteiger partial charge < -0.3 is 9.47 Å². The van der Waals surface area contributed by atoms with Crippen LogP contribution >= 0.6 is 0 Å². The van der Waals surface area contributed by atoms with Crippen LogP contribution in [0.5, 0.6) is 0 Å². The first-order valence-electron chi connectivity index (χ1n) is 17.6. The third kappa shape index (κ3) is 4.72. The van der Waals surface area contributed by atoms with E-state index in [4.69, 9.17) is 0 Å². The second-order valence-electron chi connectivity index (χ2n) is 13.4. The van der Waals surface area contributed by atoms with Crippen LogP contribution in [0.4, 0.5) is 11.4 Å². The molecular weight excluding hydrogens is 617 g/mol. The van der Waals surface area contributed by atoms with Gasteiger partial charge in [-0.15, -0.1) is 0 Å². The summed E-state index contributed by atoms with van der Waals surface area (Å²) in [5, 5.41) is 10.1. The van der Waals surface area contributed by atoms with Gasteiger partial charge in [0.2, 0.25) is 0 Å². The highest BCUT2D eigenvalue weighted by Crippen LogP contribution is 2.45. The zero-order chi connectivity index (χ0) is 33.9. The van der Waals surface area contributed by atoms with Crippen molar-refractivity contribution < 1.29 is 0 Å². The molecule has 0 radical (unpaired) electrons. The molecule has 0 fully saturated rings. The minimum atomic E-state index is 1.16. The molecule has 10 rings (SSSR count). The van der Waals surface area contributed by atoms with Crippen molar-refractivity contribution in [1.82, 2.24) is 4.57 Å². The zero-order valence-corrected chi connectivity index (χ0v) is 28.3. The lowest BCUT2D eigenvalue weighted by Crippen LogP contribution is -2.08. The maximum absolute atomic E-state index is 2.52. The van der Waals surface area contributed by atoms with Gasteiger partial charge in [0.25, 0.3) is 0 Å². The Labute approximate surface area is 297 Å². The maximum Gasteiger partial charge on any atom is 0.0626 e. The van der Waals surface area contributed by atoms with Crippen LogP contribution < -0.4 is 4.90 Å². The van der Waals surface area contributed by atoms with E-state index < -0.39 is 0 Å². The normalized spacial score (nSPS) is 11.6. The summed E-state index contributed by atoms with van der Waals surface area (Å²) in [5.41, 5.74) is 10.8. The quantitative estimate of drug-likeness (QED) is 0.168. The summed E-state index contributed by atoms with van der Waals surface area (Å²) in [6.07, 6.45) is 0. The van der Waals surface area contributed by atoms with E-state index in [1.807, 2.05) is 0 Å². The highest BCUT2D eigenvalue weighted by molar-refractivity contribution is 6.33. The molecule has 0 unspecified atom stereocenters. The monoisotopic (exact) mass is 650 g/mol. The summed E-state index contributed by atoms with van der Waals surface area (Å²) in [5.74, 6) is 0. The second kappa shape index (κ2) is 11.8. The van der Waals surface area contributed by atoms with E-state index in [1.54, 1.807) is 0 Å². The summed E-state index contributed by atoms with van der Waals surface area (Å²) in [6.45, 7) is 0. The van der Waals surface area contributed by atoms with E-state index in [9.17, 15) is 0 Å². The molecule has 0 saturated carbocycles. The molecule has 1 aromatic heterocycles. The van der Waals surface area contributed by atoms with Crippen LogP contribution in [0, 0.1) is 0 Å². The molecule has 2 nitrogen and oxygen atoms in total. The van der Waals surface area contributed by atoms with Gasteiger partial charge in [0.15, 0.2) is 0 Å². The Morgan fingerprint density at radius 3 is 1.67 bits per heavy atom. The number of nitrogens with zero attached hydrogens (tertiary/aromatic N) is 2. The largest absolute Gasteiger partial charge is 0.345 e. The van der Waals surface area contributed by atoms with Crippen molar-refractivity contribution in [3.8, 4) is 27.9 Å². The SMILES string of the molecule is CN(c1ccccc1)c1ccc(-c2ccc(-c3cccc4c5c6ccccc6c6ccccc6c5n(-c5ccc6ccccc6c5)c34)cc2)cc1. The van der Waals surface area contributed by atoms with Gasteiger partial charge in [-0.3, -0.25) is 0 Å². The molecule has 0 aliphatic heterocycles. The van der Waals surface area contributed by atoms with Gasteiger partial charge >= 0.3 is 0 Å². The molecule has 0 N–H and O–H groups in total. The smallest absolute Gasteiger partial charge is 0.0626 e. The van der Waals surface area contributed by atoms with E-state index in [0.29, 0.717) is 0 Å². The lowest BCUT2D eigenvalue weighted by molar-refractivity contribution is 1.19. The van der Waals surface area contributed by atoms with Crippen molar-refractivity contribution in [2.24, 2.45) is 0 Å². The number of anilines is 2. The first-order valence-corrected chi connectivity index (χ1v) is 17.6. The third-order valence-electron chi connectivity index (χ3n) is 10.6. The third-order valence-corrected chi connectivity index (χ3v) is 10.6. The standard InChI is InChI=1S/C49H34N2/c1-50(38-14-3-2-4-15-38)39-29-26-35(27-30-39)34-22-24-36(25-23-34)41-20-11-21-46-47-44-18-9-7-16-42(44)43-17-8-10-19-45(43)49(47)51(48(41)46)40-31-28-33-12-5-6-13-37(33)32-40/h2-32H,1H3. The Balaban J connectivity index is 1.18. The van der Waals surface area contributed by atoms with Crippen molar-refractivity contribution in [2.45, 2.75) is 0 Å². The average Bonchev–Trinajstić information content (AvgIpc) is 3.57. The number of aromatic nitrogens is 1.